The van der Waals surface area contributed by atoms with Gasteiger partial charge in [0.25, 0.3) is 0 Å². The van der Waals surface area contributed by atoms with Crippen LogP contribution in [0.4, 0.5) is 0 Å². The smallest absolute Gasteiger partial charge is 1.00 e. The Bertz CT molecular complexity index is 1180. The summed E-state index contributed by atoms with van der Waals surface area (Å²) in [5.41, 5.74) is 0.738. The van der Waals surface area contributed by atoms with Crippen LogP contribution in [0.5, 0.6) is 5.75 Å². The molecule has 0 aromatic heterocycles. The van der Waals surface area contributed by atoms with Gasteiger partial charge < -0.3 is 21.7 Å². The van der Waals surface area contributed by atoms with E-state index in [4.69, 9.17) is 21.4 Å². The minimum Gasteiger partial charge on any atom is -1.00 e. The number of aromatic carboxylic acids is 1. The molecule has 3 aromatic carbocycles. The van der Waals surface area contributed by atoms with Crippen LogP contribution >= 0.6 is 11.6 Å². The fourth-order valence-electron chi connectivity index (χ4n) is 2.94. The summed E-state index contributed by atoms with van der Waals surface area (Å²) >= 11 is 5.92. The summed E-state index contributed by atoms with van der Waals surface area (Å²) in [6.45, 7) is 1.14. The number of rotatable bonds is 10. The maximum atomic E-state index is 12.7. The quantitative estimate of drug-likeness (QED) is 0.278. The van der Waals surface area contributed by atoms with Crippen molar-refractivity contribution in [3.63, 3.8) is 0 Å². The molecule has 3 rings (SSSR count). The average Bonchev–Trinajstić information content (AvgIpc) is 2.79. The molecule has 7 nitrogen and oxygen atoms in total. The van der Waals surface area contributed by atoms with Crippen LogP contribution < -0.4 is 39.6 Å². The van der Waals surface area contributed by atoms with E-state index in [9.17, 15) is 18.3 Å². The first-order valence-corrected chi connectivity index (χ1v) is 11.6. The molecule has 0 radical (unpaired) electrons. The number of sulfone groups is 1. The molecule has 0 amide bonds. The van der Waals surface area contributed by atoms with Crippen LogP contribution in [0.1, 0.15) is 23.5 Å². The van der Waals surface area contributed by atoms with E-state index in [1.54, 1.807) is 36.4 Å². The number of hydrogen-bond acceptors (Lipinski definition) is 6. The molecule has 0 aliphatic carbocycles. The van der Waals surface area contributed by atoms with Crippen LogP contribution in [0.2, 0.25) is 5.02 Å². The third kappa shape index (κ3) is 7.55. The number of aliphatic hydroxyl groups excluding tert-OH is 1. The molecule has 0 unspecified atom stereocenters. The van der Waals surface area contributed by atoms with Gasteiger partial charge in [0.15, 0.2) is 0 Å². The molecule has 3 N–H and O–H groups in total. The summed E-state index contributed by atoms with van der Waals surface area (Å²) in [5, 5.41) is 22.7. The summed E-state index contributed by atoms with van der Waals surface area (Å²) in [6, 6.07) is 18.1. The molecule has 0 saturated carbocycles. The third-order valence-electron chi connectivity index (χ3n) is 4.66. The number of carboxylic acid groups (broad SMARTS) is 1. The number of hydrogen-bond donors (Lipinski definition) is 3. The normalized spacial score (nSPS) is 11.9. The Hall–Kier alpha value is -1.91. The van der Waals surface area contributed by atoms with Gasteiger partial charge in [-0.1, -0.05) is 23.7 Å². The van der Waals surface area contributed by atoms with Gasteiger partial charge in [0.1, 0.15) is 12.4 Å². The number of benzene rings is 3. The van der Waals surface area contributed by atoms with Gasteiger partial charge in [-0.15, -0.1) is 0 Å². The third-order valence-corrected chi connectivity index (χ3v) is 6.68. The van der Waals surface area contributed by atoms with Crippen LogP contribution in [0.15, 0.2) is 82.6 Å². The summed E-state index contributed by atoms with van der Waals surface area (Å²) in [5.74, 6) is -0.619. The van der Waals surface area contributed by atoms with Crippen molar-refractivity contribution in [3.05, 3.63) is 88.9 Å². The van der Waals surface area contributed by atoms with Crippen molar-refractivity contribution in [2.75, 3.05) is 19.7 Å². The second-order valence-electron chi connectivity index (χ2n) is 6.93. The summed E-state index contributed by atoms with van der Waals surface area (Å²) < 4.78 is 31.0. The fraction of sp³-hybridized carbons (Fsp3) is 0.174. The predicted octanol–water partition coefficient (Wildman–Crippen LogP) is 0.690. The van der Waals surface area contributed by atoms with E-state index in [-0.39, 0.29) is 46.3 Å². The van der Waals surface area contributed by atoms with E-state index in [1.807, 2.05) is 0 Å². The first-order chi connectivity index (χ1) is 15.3. The van der Waals surface area contributed by atoms with Crippen LogP contribution in [0.25, 0.3) is 0 Å². The number of carboxylic acids is 1. The zero-order chi connectivity index (χ0) is 23.1. The Labute approximate surface area is 221 Å². The summed E-state index contributed by atoms with van der Waals surface area (Å²) in [7, 11) is -3.76. The Morgan fingerprint density at radius 3 is 2.21 bits per heavy atom. The van der Waals surface area contributed by atoms with Gasteiger partial charge in [-0.05, 0) is 66.2 Å². The van der Waals surface area contributed by atoms with Crippen molar-refractivity contribution in [1.82, 2.24) is 5.32 Å². The van der Waals surface area contributed by atoms with E-state index in [1.165, 1.54) is 36.4 Å². The van der Waals surface area contributed by atoms with Crippen molar-refractivity contribution < 1.29 is 59.1 Å². The Balaban J connectivity index is 0.00000289. The largest absolute Gasteiger partial charge is 1.00 e. The monoisotopic (exact) mass is 499 g/mol. The van der Waals surface area contributed by atoms with E-state index in [0.29, 0.717) is 30.5 Å². The molecular formula is C23H23ClNNaO6S. The standard InChI is InChI=1S/C23H22ClNO6S.Na.H/c24-18-3-1-2-17(14-18)22(26)15-25-12-13-31-19-6-10-21(11-7-19)32(29,30)20-8-4-16(5-9-20)23(27)28;;/h1-11,14,22,25-26H,12-13,15H2,(H,27,28);;/q;+1;-1/t22-;;/m1../s1. The van der Waals surface area contributed by atoms with Gasteiger partial charge in [0.2, 0.25) is 9.84 Å². The number of nitrogens with one attached hydrogen (secondary N) is 1. The number of carbonyl (C=O) groups is 1. The van der Waals surface area contributed by atoms with E-state index in [0.717, 1.165) is 5.56 Å². The average molecular weight is 500 g/mol. The van der Waals surface area contributed by atoms with Gasteiger partial charge >= 0.3 is 35.5 Å². The number of halogens is 1. The van der Waals surface area contributed by atoms with E-state index in [2.05, 4.69) is 5.32 Å². The second kappa shape index (κ2) is 12.5. The van der Waals surface area contributed by atoms with Crippen LogP contribution in [0.3, 0.4) is 0 Å². The van der Waals surface area contributed by atoms with Crippen molar-refractivity contribution in [1.29, 1.82) is 0 Å². The van der Waals surface area contributed by atoms with Crippen LogP contribution in [-0.4, -0.2) is 44.3 Å². The molecule has 10 heteroatoms. The van der Waals surface area contributed by atoms with Gasteiger partial charge in [-0.25, -0.2) is 13.2 Å². The maximum absolute atomic E-state index is 12.7. The SMILES string of the molecule is O=C(O)c1ccc(S(=O)(=O)c2ccc(OCCNC[C@@H](O)c3cccc(Cl)c3)cc2)cc1.[H-].[Na+]. The minimum absolute atomic E-state index is 0. The molecule has 0 heterocycles. The Morgan fingerprint density at radius 2 is 1.64 bits per heavy atom. The van der Waals surface area contributed by atoms with Crippen molar-refractivity contribution in [3.8, 4) is 5.75 Å². The van der Waals surface area contributed by atoms with Crippen molar-refractivity contribution >= 4 is 27.4 Å². The molecule has 0 aliphatic heterocycles. The minimum atomic E-state index is -3.76. The van der Waals surface area contributed by atoms with Crippen molar-refractivity contribution in [2.45, 2.75) is 15.9 Å². The maximum Gasteiger partial charge on any atom is 1.00 e. The predicted molar refractivity (Wildman–Crippen MR) is 121 cm³/mol. The molecule has 170 valence electrons. The van der Waals surface area contributed by atoms with Crippen LogP contribution in [0, 0.1) is 0 Å². The fourth-order valence-corrected chi connectivity index (χ4v) is 4.40. The summed E-state index contributed by atoms with van der Waals surface area (Å²) in [6.07, 6.45) is -0.692. The Morgan fingerprint density at radius 1 is 1.03 bits per heavy atom. The molecule has 0 spiro atoms. The van der Waals surface area contributed by atoms with Crippen molar-refractivity contribution in [2.24, 2.45) is 0 Å². The van der Waals surface area contributed by atoms with Gasteiger partial charge in [-0.2, -0.15) is 0 Å². The Kier molecular flexibility index (Phi) is 10.4. The zero-order valence-corrected chi connectivity index (χ0v) is 21.5. The molecule has 3 aromatic rings. The molecule has 0 fully saturated rings. The summed E-state index contributed by atoms with van der Waals surface area (Å²) in [4.78, 5) is 11.0. The topological polar surface area (TPSA) is 113 Å². The first-order valence-electron chi connectivity index (χ1n) is 9.73. The number of aliphatic hydroxyl groups is 1. The molecule has 0 saturated heterocycles. The van der Waals surface area contributed by atoms with Gasteiger partial charge in [0.05, 0.1) is 21.5 Å². The molecule has 0 aliphatic rings. The zero-order valence-electron chi connectivity index (χ0n) is 18.9. The molecule has 33 heavy (non-hydrogen) atoms. The molecule has 0 bridgehead atoms. The van der Waals surface area contributed by atoms with E-state index < -0.39 is 21.9 Å². The van der Waals surface area contributed by atoms with Gasteiger partial charge in [0, 0.05) is 18.1 Å². The molecular weight excluding hydrogens is 477 g/mol. The second-order valence-corrected chi connectivity index (χ2v) is 9.31. The van der Waals surface area contributed by atoms with E-state index >= 15 is 0 Å². The first kappa shape index (κ1) is 27.3. The number of ether oxygens (including phenoxy) is 1. The molecule has 1 atom stereocenters. The van der Waals surface area contributed by atoms with Gasteiger partial charge in [-0.3, -0.25) is 0 Å². The van der Waals surface area contributed by atoms with Crippen LogP contribution in [-0.2, 0) is 9.84 Å².